The number of carbonyl (C=O) groups excluding carboxylic acids is 1. The predicted octanol–water partition coefficient (Wildman–Crippen LogP) is 4.04. The molecule has 0 atom stereocenters. The van der Waals surface area contributed by atoms with Crippen molar-refractivity contribution in [1.29, 1.82) is 0 Å². The van der Waals surface area contributed by atoms with Crippen LogP contribution in [0.3, 0.4) is 0 Å². The van der Waals surface area contributed by atoms with Crippen molar-refractivity contribution in [2.75, 3.05) is 13.1 Å². The van der Waals surface area contributed by atoms with Gasteiger partial charge in [-0.2, -0.15) is 0 Å². The van der Waals surface area contributed by atoms with Gasteiger partial charge in [-0.15, -0.1) is 0 Å². The first-order valence-corrected chi connectivity index (χ1v) is 7.52. The fraction of sp³-hybridized carbons (Fsp3) is 0.938. The average molecular weight is 253 g/mol. The van der Waals surface area contributed by atoms with Gasteiger partial charge in [-0.1, -0.05) is 33.6 Å². The molecule has 0 amide bonds. The van der Waals surface area contributed by atoms with Gasteiger partial charge in [0.15, 0.2) is 5.78 Å². The van der Waals surface area contributed by atoms with E-state index in [1.807, 2.05) is 0 Å². The number of carbonyl (C=O) groups is 1. The van der Waals surface area contributed by atoms with Gasteiger partial charge in [0, 0.05) is 6.42 Å². The van der Waals surface area contributed by atoms with Crippen molar-refractivity contribution in [2.24, 2.45) is 5.41 Å². The molecule has 0 radical (unpaired) electrons. The zero-order chi connectivity index (χ0) is 13.8. The van der Waals surface area contributed by atoms with Crippen LogP contribution >= 0.6 is 0 Å². The predicted molar refractivity (Wildman–Crippen MR) is 77.8 cm³/mol. The average Bonchev–Trinajstić information content (AvgIpc) is 2.53. The summed E-state index contributed by atoms with van der Waals surface area (Å²) < 4.78 is 0. The summed E-state index contributed by atoms with van der Waals surface area (Å²) in [6.07, 6.45) is 6.84. The minimum Gasteiger partial charge on any atom is -0.298 e. The molecule has 1 heterocycles. The molecule has 1 aliphatic heterocycles. The van der Waals surface area contributed by atoms with Gasteiger partial charge < -0.3 is 0 Å². The molecule has 1 saturated heterocycles. The van der Waals surface area contributed by atoms with E-state index in [4.69, 9.17) is 0 Å². The van der Waals surface area contributed by atoms with Crippen LogP contribution in [-0.4, -0.2) is 29.3 Å². The lowest BCUT2D eigenvalue weighted by Gasteiger charge is -2.37. The summed E-state index contributed by atoms with van der Waals surface area (Å²) in [5, 5.41) is 0. The highest BCUT2D eigenvalue weighted by atomic mass is 16.1. The van der Waals surface area contributed by atoms with E-state index in [1.165, 1.54) is 25.7 Å². The van der Waals surface area contributed by atoms with Crippen LogP contribution in [0.15, 0.2) is 0 Å². The Labute approximate surface area is 113 Å². The maximum atomic E-state index is 12.5. The first-order valence-electron chi connectivity index (χ1n) is 7.52. The van der Waals surface area contributed by atoms with E-state index < -0.39 is 0 Å². The van der Waals surface area contributed by atoms with E-state index in [-0.39, 0.29) is 11.0 Å². The van der Waals surface area contributed by atoms with Gasteiger partial charge in [-0.3, -0.25) is 9.69 Å². The fourth-order valence-corrected chi connectivity index (χ4v) is 2.60. The van der Waals surface area contributed by atoms with E-state index in [0.717, 1.165) is 19.5 Å². The third kappa shape index (κ3) is 4.72. The summed E-state index contributed by atoms with van der Waals surface area (Å²) in [5.41, 5.74) is -0.0138. The maximum Gasteiger partial charge on any atom is 0.152 e. The summed E-state index contributed by atoms with van der Waals surface area (Å²) in [5.74, 6) is 0.416. The normalized spacial score (nSPS) is 19.6. The summed E-state index contributed by atoms with van der Waals surface area (Å²) in [6.45, 7) is 13.0. The quantitative estimate of drug-likeness (QED) is 0.753. The van der Waals surface area contributed by atoms with Crippen molar-refractivity contribution >= 4 is 5.78 Å². The minimum atomic E-state index is -0.268. The third-order valence-corrected chi connectivity index (χ3v) is 4.18. The molecule has 0 aromatic rings. The van der Waals surface area contributed by atoms with Gasteiger partial charge in [0.2, 0.25) is 0 Å². The number of nitrogens with zero attached hydrogens (tertiary/aromatic N) is 1. The van der Waals surface area contributed by atoms with Gasteiger partial charge in [0.1, 0.15) is 0 Å². The molecule has 2 nitrogen and oxygen atoms in total. The summed E-state index contributed by atoms with van der Waals surface area (Å²) in [6, 6.07) is 0. The van der Waals surface area contributed by atoms with Crippen LogP contribution in [0.1, 0.15) is 73.1 Å². The standard InChI is InChI=1S/C16H31NO/c1-15(2,3)11-10-14(18)16(4,5)17-12-8-6-7-9-13-17/h6-13H2,1-5H3. The molecule has 18 heavy (non-hydrogen) atoms. The van der Waals surface area contributed by atoms with Gasteiger partial charge in [0.25, 0.3) is 0 Å². The third-order valence-electron chi connectivity index (χ3n) is 4.18. The second-order valence-electron chi connectivity index (χ2n) is 7.44. The second-order valence-corrected chi connectivity index (χ2v) is 7.44. The SMILES string of the molecule is CC(C)(C)CCC(=O)C(C)(C)N1CCCCCC1. The minimum absolute atomic E-state index is 0.254. The lowest BCUT2D eigenvalue weighted by atomic mass is 9.85. The molecule has 2 heteroatoms. The van der Waals surface area contributed by atoms with Gasteiger partial charge in [0.05, 0.1) is 5.54 Å². The summed E-state index contributed by atoms with van der Waals surface area (Å²) in [4.78, 5) is 14.9. The molecule has 0 bridgehead atoms. The molecular formula is C16H31NO. The molecule has 106 valence electrons. The van der Waals surface area contributed by atoms with Crippen molar-refractivity contribution in [3.63, 3.8) is 0 Å². The second kappa shape index (κ2) is 6.18. The zero-order valence-corrected chi connectivity index (χ0v) is 13.0. The number of Topliss-reactive ketones (excluding diaryl/α,β-unsaturated/α-hetero) is 1. The van der Waals surface area contributed by atoms with Crippen molar-refractivity contribution in [1.82, 2.24) is 4.90 Å². The number of likely N-dealkylation sites (tertiary alicyclic amines) is 1. The van der Waals surface area contributed by atoms with Gasteiger partial charge >= 0.3 is 0 Å². The highest BCUT2D eigenvalue weighted by Gasteiger charge is 2.34. The van der Waals surface area contributed by atoms with E-state index in [9.17, 15) is 4.79 Å². The molecule has 1 rings (SSSR count). The molecule has 0 N–H and O–H groups in total. The largest absolute Gasteiger partial charge is 0.298 e. The number of hydrogen-bond acceptors (Lipinski definition) is 2. The molecule has 0 aliphatic carbocycles. The number of ketones is 1. The molecule has 0 unspecified atom stereocenters. The molecule has 1 aliphatic rings. The highest BCUT2D eigenvalue weighted by Crippen LogP contribution is 2.26. The van der Waals surface area contributed by atoms with E-state index in [1.54, 1.807) is 0 Å². The maximum absolute atomic E-state index is 12.5. The Balaban J connectivity index is 2.57. The smallest absolute Gasteiger partial charge is 0.152 e. The number of rotatable bonds is 4. The molecule has 0 spiro atoms. The van der Waals surface area contributed by atoms with Crippen LogP contribution < -0.4 is 0 Å². The zero-order valence-electron chi connectivity index (χ0n) is 13.0. The Kier molecular flexibility index (Phi) is 5.39. The van der Waals surface area contributed by atoms with Crippen LogP contribution in [0.25, 0.3) is 0 Å². The van der Waals surface area contributed by atoms with Crippen molar-refractivity contribution in [2.45, 2.75) is 78.7 Å². The summed E-state index contributed by atoms with van der Waals surface area (Å²) >= 11 is 0. The van der Waals surface area contributed by atoms with E-state index >= 15 is 0 Å². The Morgan fingerprint density at radius 1 is 0.944 bits per heavy atom. The lowest BCUT2D eigenvalue weighted by Crippen LogP contribution is -2.50. The molecule has 0 aromatic heterocycles. The van der Waals surface area contributed by atoms with Gasteiger partial charge in [-0.25, -0.2) is 0 Å². The Morgan fingerprint density at radius 2 is 1.44 bits per heavy atom. The van der Waals surface area contributed by atoms with Crippen LogP contribution in [-0.2, 0) is 4.79 Å². The van der Waals surface area contributed by atoms with Crippen molar-refractivity contribution in [3.8, 4) is 0 Å². The Bertz CT molecular complexity index is 267. The van der Waals surface area contributed by atoms with Crippen LogP contribution in [0, 0.1) is 5.41 Å². The Hall–Kier alpha value is -0.370. The molecular weight excluding hydrogens is 222 g/mol. The molecule has 0 saturated carbocycles. The van der Waals surface area contributed by atoms with E-state index in [2.05, 4.69) is 39.5 Å². The fourth-order valence-electron chi connectivity index (χ4n) is 2.60. The topological polar surface area (TPSA) is 20.3 Å². The monoisotopic (exact) mass is 253 g/mol. The lowest BCUT2D eigenvalue weighted by molar-refractivity contribution is -0.130. The van der Waals surface area contributed by atoms with Crippen LogP contribution in [0.5, 0.6) is 0 Å². The molecule has 0 aromatic carbocycles. The highest BCUT2D eigenvalue weighted by molar-refractivity contribution is 5.87. The van der Waals surface area contributed by atoms with E-state index in [0.29, 0.717) is 12.2 Å². The van der Waals surface area contributed by atoms with Crippen molar-refractivity contribution < 1.29 is 4.79 Å². The Morgan fingerprint density at radius 3 is 1.89 bits per heavy atom. The first-order chi connectivity index (χ1) is 8.23. The summed E-state index contributed by atoms with van der Waals surface area (Å²) in [7, 11) is 0. The van der Waals surface area contributed by atoms with Crippen molar-refractivity contribution in [3.05, 3.63) is 0 Å². The van der Waals surface area contributed by atoms with Crippen LogP contribution in [0.4, 0.5) is 0 Å². The molecule has 1 fully saturated rings. The van der Waals surface area contributed by atoms with Crippen LogP contribution in [0.2, 0.25) is 0 Å². The van der Waals surface area contributed by atoms with Gasteiger partial charge in [-0.05, 0) is 51.6 Å². The number of hydrogen-bond donors (Lipinski definition) is 0. The first kappa shape index (κ1) is 15.7.